The van der Waals surface area contributed by atoms with Crippen LogP contribution < -0.4 is 0 Å². The minimum atomic E-state index is -0.263. The lowest BCUT2D eigenvalue weighted by molar-refractivity contribution is -0.135. The molecule has 1 saturated carbocycles. The maximum Gasteiger partial charge on any atom is 0.136 e. The molecule has 3 aliphatic carbocycles. The summed E-state index contributed by atoms with van der Waals surface area (Å²) in [5, 5.41) is 0. The van der Waals surface area contributed by atoms with E-state index < -0.39 is 0 Å². The van der Waals surface area contributed by atoms with E-state index in [0.717, 1.165) is 12.8 Å². The summed E-state index contributed by atoms with van der Waals surface area (Å²) in [6.45, 7) is 1.68. The first-order valence-electron chi connectivity index (χ1n) is 4.93. The number of Topliss-reactive ketones (excluding diaryl/α,β-unsaturated/α-hetero) is 1. The zero-order valence-corrected chi connectivity index (χ0v) is 8.25. The number of hydrogen-bond acceptors (Lipinski definition) is 2. The molecule has 2 nitrogen and oxygen atoms in total. The zero-order valence-electron chi connectivity index (χ0n) is 8.25. The summed E-state index contributed by atoms with van der Waals surface area (Å²) in [6.07, 6.45) is 7.49. The number of fused-ring (bicyclic) bond motifs is 2. The third-order valence-electron chi connectivity index (χ3n) is 3.56. The molecule has 3 atom stereocenters. The lowest BCUT2D eigenvalue weighted by atomic mass is 9.65. The van der Waals surface area contributed by atoms with Gasteiger partial charge in [-0.25, -0.2) is 0 Å². The Labute approximate surface area is 79.0 Å². The number of carbonyl (C=O) groups is 1. The molecule has 0 heterocycles. The Bertz CT molecular complexity index is 257. The standard InChI is InChI=1S/C11H16O2/c1-8(12)10-7-9-3-5-11(10,13-2)6-4-9/h3,5,9-10H,4,6-7H2,1-2H3/t9-,10-,11-/m1/s1. The first kappa shape index (κ1) is 8.95. The van der Waals surface area contributed by atoms with Gasteiger partial charge < -0.3 is 4.74 Å². The van der Waals surface area contributed by atoms with Gasteiger partial charge >= 0.3 is 0 Å². The Morgan fingerprint density at radius 1 is 1.62 bits per heavy atom. The van der Waals surface area contributed by atoms with E-state index in [-0.39, 0.29) is 17.3 Å². The number of ether oxygens (including phenoxy) is 1. The highest BCUT2D eigenvalue weighted by Crippen LogP contribution is 2.45. The second-order valence-corrected chi connectivity index (χ2v) is 4.22. The lowest BCUT2D eigenvalue weighted by Crippen LogP contribution is -2.48. The van der Waals surface area contributed by atoms with Gasteiger partial charge in [-0.15, -0.1) is 0 Å². The highest BCUT2D eigenvalue weighted by molar-refractivity contribution is 5.80. The molecule has 0 aromatic carbocycles. The topological polar surface area (TPSA) is 26.3 Å². The molecule has 0 amide bonds. The van der Waals surface area contributed by atoms with Gasteiger partial charge in [0.15, 0.2) is 0 Å². The van der Waals surface area contributed by atoms with E-state index in [2.05, 4.69) is 12.2 Å². The number of ketones is 1. The van der Waals surface area contributed by atoms with Gasteiger partial charge in [0, 0.05) is 7.11 Å². The molecule has 0 aliphatic heterocycles. The fourth-order valence-electron chi connectivity index (χ4n) is 2.70. The summed E-state index contributed by atoms with van der Waals surface area (Å²) >= 11 is 0. The summed E-state index contributed by atoms with van der Waals surface area (Å²) in [4.78, 5) is 11.4. The number of allylic oxidation sites excluding steroid dienone is 1. The highest BCUT2D eigenvalue weighted by Gasteiger charge is 2.46. The van der Waals surface area contributed by atoms with Gasteiger partial charge in [-0.3, -0.25) is 4.79 Å². The van der Waals surface area contributed by atoms with Crippen LogP contribution in [0.2, 0.25) is 0 Å². The molecule has 13 heavy (non-hydrogen) atoms. The fourth-order valence-corrected chi connectivity index (χ4v) is 2.70. The molecular formula is C11H16O2. The molecule has 0 aromatic heterocycles. The molecule has 1 fully saturated rings. The minimum absolute atomic E-state index is 0.0984. The van der Waals surface area contributed by atoms with Crippen LogP contribution in [0.25, 0.3) is 0 Å². The van der Waals surface area contributed by atoms with Crippen LogP contribution in [0.15, 0.2) is 12.2 Å². The predicted molar refractivity (Wildman–Crippen MR) is 50.4 cm³/mol. The molecule has 3 aliphatic rings. The van der Waals surface area contributed by atoms with Gasteiger partial charge in [-0.2, -0.15) is 0 Å². The summed E-state index contributed by atoms with van der Waals surface area (Å²) in [5.74, 6) is 0.989. The maximum absolute atomic E-state index is 11.4. The average molecular weight is 180 g/mol. The molecule has 0 unspecified atom stereocenters. The van der Waals surface area contributed by atoms with Crippen LogP contribution in [-0.2, 0) is 9.53 Å². The molecule has 2 heteroatoms. The van der Waals surface area contributed by atoms with Crippen molar-refractivity contribution in [2.45, 2.75) is 31.8 Å². The molecule has 0 saturated heterocycles. The monoisotopic (exact) mass is 180 g/mol. The van der Waals surface area contributed by atoms with Gasteiger partial charge in [0.25, 0.3) is 0 Å². The van der Waals surface area contributed by atoms with Crippen molar-refractivity contribution in [2.24, 2.45) is 11.8 Å². The Morgan fingerprint density at radius 2 is 2.38 bits per heavy atom. The maximum atomic E-state index is 11.4. The first-order valence-corrected chi connectivity index (χ1v) is 4.93. The molecule has 0 aromatic rings. The fraction of sp³-hybridized carbons (Fsp3) is 0.727. The van der Waals surface area contributed by atoms with Crippen molar-refractivity contribution in [3.8, 4) is 0 Å². The Morgan fingerprint density at radius 3 is 2.77 bits per heavy atom. The van der Waals surface area contributed by atoms with Crippen molar-refractivity contribution >= 4 is 5.78 Å². The van der Waals surface area contributed by atoms with Crippen molar-refractivity contribution < 1.29 is 9.53 Å². The van der Waals surface area contributed by atoms with Crippen molar-refractivity contribution in [3.63, 3.8) is 0 Å². The average Bonchev–Trinajstić information content (AvgIpc) is 2.19. The molecule has 0 radical (unpaired) electrons. The van der Waals surface area contributed by atoms with E-state index in [9.17, 15) is 4.79 Å². The largest absolute Gasteiger partial charge is 0.373 e. The summed E-state index contributed by atoms with van der Waals surface area (Å²) in [6, 6.07) is 0. The van der Waals surface area contributed by atoms with Gasteiger partial charge in [0.1, 0.15) is 5.78 Å². The molecule has 72 valence electrons. The van der Waals surface area contributed by atoms with Crippen molar-refractivity contribution in [1.29, 1.82) is 0 Å². The normalized spacial score (nSPS) is 42.3. The SMILES string of the molecule is CO[C@]12C=C[C@H](CC1)C[C@@H]2C(C)=O. The minimum Gasteiger partial charge on any atom is -0.373 e. The van der Waals surface area contributed by atoms with Crippen LogP contribution in [0.3, 0.4) is 0 Å². The third-order valence-corrected chi connectivity index (χ3v) is 3.56. The van der Waals surface area contributed by atoms with Crippen LogP contribution in [-0.4, -0.2) is 18.5 Å². The van der Waals surface area contributed by atoms with Crippen LogP contribution >= 0.6 is 0 Å². The second-order valence-electron chi connectivity index (χ2n) is 4.22. The van der Waals surface area contributed by atoms with Crippen LogP contribution in [0.4, 0.5) is 0 Å². The van der Waals surface area contributed by atoms with Crippen molar-refractivity contribution in [3.05, 3.63) is 12.2 Å². The Hall–Kier alpha value is -0.630. The summed E-state index contributed by atoms with van der Waals surface area (Å²) in [7, 11) is 1.71. The van der Waals surface area contributed by atoms with E-state index in [1.807, 2.05) is 0 Å². The van der Waals surface area contributed by atoms with Gasteiger partial charge in [-0.05, 0) is 32.1 Å². The summed E-state index contributed by atoms with van der Waals surface area (Å²) in [5.41, 5.74) is -0.263. The number of hydrogen-bond donors (Lipinski definition) is 0. The van der Waals surface area contributed by atoms with Crippen molar-refractivity contribution in [1.82, 2.24) is 0 Å². The Balaban J connectivity index is 2.32. The molecule has 0 N–H and O–H groups in total. The number of carbonyl (C=O) groups excluding carboxylic acids is 1. The van der Waals surface area contributed by atoms with Gasteiger partial charge in [-0.1, -0.05) is 12.2 Å². The number of rotatable bonds is 2. The van der Waals surface area contributed by atoms with E-state index >= 15 is 0 Å². The van der Waals surface area contributed by atoms with Crippen LogP contribution in [0.5, 0.6) is 0 Å². The van der Waals surface area contributed by atoms with Crippen LogP contribution in [0, 0.1) is 11.8 Å². The predicted octanol–water partition coefficient (Wildman–Crippen LogP) is 1.95. The number of methoxy groups -OCH3 is 1. The molecule has 3 rings (SSSR count). The molecule has 2 bridgehead atoms. The quantitative estimate of drug-likeness (QED) is 0.607. The van der Waals surface area contributed by atoms with Gasteiger partial charge in [0.2, 0.25) is 0 Å². The van der Waals surface area contributed by atoms with E-state index in [4.69, 9.17) is 4.74 Å². The molecule has 0 spiro atoms. The van der Waals surface area contributed by atoms with Crippen molar-refractivity contribution in [2.75, 3.05) is 7.11 Å². The van der Waals surface area contributed by atoms with Crippen LogP contribution in [0.1, 0.15) is 26.2 Å². The Kier molecular flexibility index (Phi) is 2.03. The highest BCUT2D eigenvalue weighted by atomic mass is 16.5. The van der Waals surface area contributed by atoms with E-state index in [1.54, 1.807) is 14.0 Å². The third kappa shape index (κ3) is 1.24. The zero-order chi connectivity index (χ0) is 9.47. The molecular weight excluding hydrogens is 164 g/mol. The van der Waals surface area contributed by atoms with E-state index in [0.29, 0.717) is 5.92 Å². The second kappa shape index (κ2) is 2.95. The lowest BCUT2D eigenvalue weighted by Gasteiger charge is -2.46. The van der Waals surface area contributed by atoms with Gasteiger partial charge in [0.05, 0.1) is 11.5 Å². The smallest absolute Gasteiger partial charge is 0.136 e. The van der Waals surface area contributed by atoms with E-state index in [1.165, 1.54) is 6.42 Å². The first-order chi connectivity index (χ1) is 6.18. The summed E-state index contributed by atoms with van der Waals surface area (Å²) < 4.78 is 5.53.